The van der Waals surface area contributed by atoms with E-state index in [9.17, 15) is 33.6 Å². The van der Waals surface area contributed by atoms with Crippen molar-refractivity contribution in [2.75, 3.05) is 27.2 Å². The SMILES string of the molecule is CN[C@@H](C)C(=O)N[C@H](C(=O)N1Cc2ccccc2C[C@H]1CCN(C(=O)c1ccc(C(=O)N[C@H]2C[C@@H](C(=O)N[C@@H]3CCCc4ccccc43)N(C(=O)[C@@H](NC(=O)[C@H](C)NC)C(C)(C)C)C2)cc1)[C@H](C)c1ccccc1F)C(C)(C)C. The smallest absolute Gasteiger partial charge is 0.254 e. The number of halogens is 1. The van der Waals surface area contributed by atoms with Crippen molar-refractivity contribution in [2.24, 2.45) is 10.8 Å². The first-order chi connectivity index (χ1) is 37.4. The lowest BCUT2D eigenvalue weighted by atomic mass is 9.83. The van der Waals surface area contributed by atoms with Gasteiger partial charge in [-0.25, -0.2) is 4.39 Å². The summed E-state index contributed by atoms with van der Waals surface area (Å²) in [6.07, 6.45) is 3.46. The molecule has 0 radical (unpaired) electrons. The zero-order valence-corrected chi connectivity index (χ0v) is 47.9. The quantitative estimate of drug-likeness (QED) is 0.0640. The van der Waals surface area contributed by atoms with Gasteiger partial charge in [-0.3, -0.25) is 33.6 Å². The highest BCUT2D eigenvalue weighted by Crippen LogP contribution is 2.34. The molecular weight excluding hydrogens is 1000 g/mol. The maximum Gasteiger partial charge on any atom is 0.254 e. The summed E-state index contributed by atoms with van der Waals surface area (Å²) < 4.78 is 15.6. The highest BCUT2D eigenvalue weighted by atomic mass is 19.1. The summed E-state index contributed by atoms with van der Waals surface area (Å²) in [5.41, 5.74) is 3.67. The maximum atomic E-state index is 15.6. The lowest BCUT2D eigenvalue weighted by Crippen LogP contribution is -2.60. The van der Waals surface area contributed by atoms with Crippen LogP contribution in [0.3, 0.4) is 0 Å². The minimum Gasteiger partial charge on any atom is -0.347 e. The van der Waals surface area contributed by atoms with Gasteiger partial charge in [-0.15, -0.1) is 0 Å². The topological polar surface area (TPSA) is 201 Å². The van der Waals surface area contributed by atoms with Crippen LogP contribution in [0.4, 0.5) is 4.39 Å². The van der Waals surface area contributed by atoms with Crippen molar-refractivity contribution in [3.63, 3.8) is 0 Å². The molecule has 2 heterocycles. The fraction of sp³-hybridized carbons (Fsp3) is 0.500. The van der Waals surface area contributed by atoms with Crippen molar-refractivity contribution < 1.29 is 38.0 Å². The number of rotatable bonds is 18. The van der Waals surface area contributed by atoms with Gasteiger partial charge in [0.1, 0.15) is 23.9 Å². The van der Waals surface area contributed by atoms with Crippen LogP contribution < -0.4 is 31.9 Å². The second-order valence-corrected chi connectivity index (χ2v) is 23.9. The number of likely N-dealkylation sites (N-methyl/N-ethyl adjacent to an activating group) is 2. The highest BCUT2D eigenvalue weighted by molar-refractivity contribution is 5.99. The summed E-state index contributed by atoms with van der Waals surface area (Å²) >= 11 is 0. The lowest BCUT2D eigenvalue weighted by molar-refractivity contribution is -0.144. The number of hydrogen-bond donors (Lipinski definition) is 6. The van der Waals surface area contributed by atoms with Gasteiger partial charge in [-0.1, -0.05) is 108 Å². The molecule has 1 fully saturated rings. The third-order valence-electron chi connectivity index (χ3n) is 16.2. The number of hydrogen-bond acceptors (Lipinski definition) is 9. The third-order valence-corrected chi connectivity index (χ3v) is 16.2. The van der Waals surface area contributed by atoms with E-state index in [4.69, 9.17) is 0 Å². The van der Waals surface area contributed by atoms with Crippen LogP contribution in [-0.4, -0.2) is 126 Å². The first-order valence-electron chi connectivity index (χ1n) is 27.9. The zero-order chi connectivity index (χ0) is 57.5. The molecule has 9 atom stereocenters. The van der Waals surface area contributed by atoms with Crippen LogP contribution in [0.1, 0.15) is 149 Å². The molecule has 79 heavy (non-hydrogen) atoms. The fourth-order valence-corrected chi connectivity index (χ4v) is 11.1. The molecule has 6 N–H and O–H groups in total. The summed E-state index contributed by atoms with van der Waals surface area (Å²) in [7, 11) is 3.34. The average molecular weight is 1080 g/mol. The van der Waals surface area contributed by atoms with E-state index in [1.54, 1.807) is 82.2 Å². The summed E-state index contributed by atoms with van der Waals surface area (Å²) in [5, 5.41) is 18.1. The number of carbonyl (C=O) groups excluding carboxylic acids is 7. The van der Waals surface area contributed by atoms with Gasteiger partial charge in [0.25, 0.3) is 11.8 Å². The minimum atomic E-state index is -0.991. The second-order valence-electron chi connectivity index (χ2n) is 23.9. The van der Waals surface area contributed by atoms with E-state index in [0.717, 1.165) is 41.5 Å². The monoisotopic (exact) mass is 1080 g/mol. The molecule has 4 aromatic rings. The average Bonchev–Trinajstić information content (AvgIpc) is 3.86. The van der Waals surface area contributed by atoms with Crippen LogP contribution in [0, 0.1) is 16.6 Å². The predicted octanol–water partition coefficient (Wildman–Crippen LogP) is 6.54. The van der Waals surface area contributed by atoms with Gasteiger partial charge in [0.2, 0.25) is 29.5 Å². The first-order valence-corrected chi connectivity index (χ1v) is 27.9. The zero-order valence-electron chi connectivity index (χ0n) is 47.9. The van der Waals surface area contributed by atoms with Gasteiger partial charge >= 0.3 is 0 Å². The molecule has 17 heteroatoms. The Labute approximate surface area is 465 Å². The van der Waals surface area contributed by atoms with Crippen molar-refractivity contribution in [3.05, 3.63) is 142 Å². The van der Waals surface area contributed by atoms with Gasteiger partial charge in [-0.05, 0) is 137 Å². The predicted molar refractivity (Wildman–Crippen MR) is 303 cm³/mol. The Bertz CT molecular complexity index is 2860. The van der Waals surface area contributed by atoms with Crippen molar-refractivity contribution in [3.8, 4) is 0 Å². The molecule has 0 unspecified atom stereocenters. The van der Waals surface area contributed by atoms with Gasteiger partial charge in [0, 0.05) is 48.4 Å². The standard InChI is InChI=1S/C62H82FN9O7/c1-37(64-10)54(73)68-52(61(4,5)6)59(78)71-35-44-21-13-12-20-43(44)33-46(71)31-32-70(39(3)47-23-16-17-25-49(47)63)58(77)42-29-27-41(28-30-42)56(75)66-45-34-51(57(76)67-50-26-18-22-40-19-14-15-24-48(40)50)72(36-45)60(79)53(62(7,8)9)69-55(74)38(2)65-11/h12-17,19-21,23-25,27-30,37-39,45-46,50-53,64-65H,18,22,26,31-36H2,1-11H3,(H,66,75)(H,67,76)(H,68,73)(H,69,74)/t37-,38-,39+,45-,46+,50+,51-,52+,53+/m0/s1. The van der Waals surface area contributed by atoms with E-state index in [0.29, 0.717) is 24.9 Å². The van der Waals surface area contributed by atoms with Gasteiger partial charge in [-0.2, -0.15) is 0 Å². The summed E-state index contributed by atoms with van der Waals surface area (Å²) in [6.45, 7) is 16.9. The Balaban J connectivity index is 1.12. The molecule has 16 nitrogen and oxygen atoms in total. The normalized spacial score (nSPS) is 20.1. The molecule has 2 aliphatic heterocycles. The number of benzene rings is 4. The van der Waals surface area contributed by atoms with Gasteiger partial charge in [0.15, 0.2) is 0 Å². The van der Waals surface area contributed by atoms with Crippen molar-refractivity contribution >= 4 is 41.4 Å². The van der Waals surface area contributed by atoms with E-state index in [-0.39, 0.29) is 60.3 Å². The third kappa shape index (κ3) is 14.1. The van der Waals surface area contributed by atoms with Gasteiger partial charge in [0.05, 0.1) is 24.2 Å². The van der Waals surface area contributed by atoms with E-state index in [1.807, 2.05) is 88.9 Å². The molecule has 4 aromatic carbocycles. The number of carbonyl (C=O) groups is 7. The van der Waals surface area contributed by atoms with E-state index in [2.05, 4.69) is 38.0 Å². The van der Waals surface area contributed by atoms with Crippen LogP contribution in [-0.2, 0) is 43.4 Å². The fourth-order valence-electron chi connectivity index (χ4n) is 11.1. The van der Waals surface area contributed by atoms with Crippen LogP contribution in [0.5, 0.6) is 0 Å². The summed E-state index contributed by atoms with van der Waals surface area (Å²) in [6, 6.07) is 22.5. The van der Waals surface area contributed by atoms with Crippen molar-refractivity contribution in [2.45, 2.75) is 162 Å². The van der Waals surface area contributed by atoms with Crippen LogP contribution in [0.25, 0.3) is 0 Å². The van der Waals surface area contributed by atoms with Crippen molar-refractivity contribution in [1.82, 2.24) is 46.6 Å². The first kappa shape index (κ1) is 59.7. The number of aryl methyl sites for hydroxylation is 1. The molecule has 3 aliphatic rings. The number of fused-ring (bicyclic) bond motifs is 2. The Morgan fingerprint density at radius 3 is 1.81 bits per heavy atom. The van der Waals surface area contributed by atoms with Crippen LogP contribution in [0.15, 0.2) is 97.1 Å². The maximum absolute atomic E-state index is 15.6. The second kappa shape index (κ2) is 25.4. The van der Waals surface area contributed by atoms with E-state index < -0.39 is 82.7 Å². The molecule has 1 aliphatic carbocycles. The Kier molecular flexibility index (Phi) is 19.2. The number of likely N-dealkylation sites (tertiary alicyclic amines) is 1. The molecule has 7 rings (SSSR count). The molecule has 7 amide bonds. The molecule has 0 spiro atoms. The molecule has 0 bridgehead atoms. The molecular formula is C62H82FN9O7. The van der Waals surface area contributed by atoms with Crippen molar-refractivity contribution in [1.29, 1.82) is 0 Å². The van der Waals surface area contributed by atoms with E-state index >= 15 is 4.39 Å². The number of amides is 7. The van der Waals surface area contributed by atoms with E-state index in [1.165, 1.54) is 11.0 Å². The highest BCUT2D eigenvalue weighted by Gasteiger charge is 2.47. The van der Waals surface area contributed by atoms with Crippen LogP contribution in [0.2, 0.25) is 0 Å². The number of nitrogens with one attached hydrogen (secondary N) is 6. The molecule has 0 saturated carbocycles. The summed E-state index contributed by atoms with van der Waals surface area (Å²) in [5.74, 6) is -3.07. The Morgan fingerprint density at radius 2 is 1.22 bits per heavy atom. The lowest BCUT2D eigenvalue weighted by Gasteiger charge is -2.43. The van der Waals surface area contributed by atoms with Gasteiger partial charge < -0.3 is 46.6 Å². The minimum absolute atomic E-state index is 0.00402. The summed E-state index contributed by atoms with van der Waals surface area (Å²) in [4.78, 5) is 104. The Hall–Kier alpha value is -6.98. The Morgan fingerprint density at radius 1 is 0.671 bits per heavy atom. The molecule has 0 aromatic heterocycles. The van der Waals surface area contributed by atoms with Crippen LogP contribution >= 0.6 is 0 Å². The molecule has 1 saturated heterocycles. The number of nitrogens with zero attached hydrogens (tertiary/aromatic N) is 3. The largest absolute Gasteiger partial charge is 0.347 e. The molecule has 424 valence electrons.